The van der Waals surface area contributed by atoms with Crippen LogP contribution in [0.4, 0.5) is 5.69 Å². The van der Waals surface area contributed by atoms with E-state index in [9.17, 15) is 4.79 Å². The van der Waals surface area contributed by atoms with Gasteiger partial charge in [0, 0.05) is 22.5 Å². The van der Waals surface area contributed by atoms with Crippen LogP contribution in [-0.4, -0.2) is 23.3 Å². The zero-order valence-electron chi connectivity index (χ0n) is 22.0. The molecule has 0 bridgehead atoms. The Balaban J connectivity index is 1.84. The van der Waals surface area contributed by atoms with Crippen molar-refractivity contribution in [1.82, 2.24) is 0 Å². The first kappa shape index (κ1) is 26.6. The van der Waals surface area contributed by atoms with Gasteiger partial charge in [0.25, 0.3) is 0 Å². The van der Waals surface area contributed by atoms with Crippen molar-refractivity contribution in [3.8, 4) is 11.1 Å². The van der Waals surface area contributed by atoms with E-state index >= 15 is 0 Å². The molecule has 0 atom stereocenters. The molecule has 0 aliphatic carbocycles. The second-order valence-corrected chi connectivity index (χ2v) is 9.23. The van der Waals surface area contributed by atoms with Crippen molar-refractivity contribution in [3.05, 3.63) is 126 Å². The molecule has 2 N–H and O–H groups in total. The summed E-state index contributed by atoms with van der Waals surface area (Å²) in [6, 6.07) is 37.1. The maximum atomic E-state index is 11.0. The number of carboxylic acids is 1. The van der Waals surface area contributed by atoms with Crippen molar-refractivity contribution in [1.29, 1.82) is 0 Å². The molecule has 0 aliphatic rings. The van der Waals surface area contributed by atoms with E-state index in [1.165, 1.54) is 11.1 Å². The Morgan fingerprint density at radius 2 is 1.47 bits per heavy atom. The maximum absolute atomic E-state index is 11.0. The first-order valence-corrected chi connectivity index (χ1v) is 13.1. The molecule has 0 unspecified atom stereocenters. The fourth-order valence-electron chi connectivity index (χ4n) is 4.55. The molecule has 4 rings (SSSR count). The molecule has 0 aromatic heterocycles. The number of unbranched alkanes of at least 4 members (excludes halogenated alkanes) is 1. The summed E-state index contributed by atoms with van der Waals surface area (Å²) in [6.45, 7) is 4.16. The van der Waals surface area contributed by atoms with E-state index in [1.54, 1.807) is 0 Å². The number of nitrogens with one attached hydrogen (secondary N) is 1. The minimum atomic E-state index is -0.892. The lowest BCUT2D eigenvalue weighted by molar-refractivity contribution is -0.134. The molecule has 0 saturated carbocycles. The highest BCUT2D eigenvalue weighted by molar-refractivity contribution is 6.08. The Morgan fingerprint density at radius 3 is 2.16 bits per heavy atom. The molecule has 4 nitrogen and oxygen atoms in total. The van der Waals surface area contributed by atoms with Crippen LogP contribution in [0.15, 0.2) is 114 Å². The summed E-state index contributed by atoms with van der Waals surface area (Å²) in [5.74, 6) is -0.892. The number of hydrogen-bond acceptors (Lipinski definition) is 3. The van der Waals surface area contributed by atoms with Crippen LogP contribution < -0.4 is 5.32 Å². The summed E-state index contributed by atoms with van der Waals surface area (Å²) < 4.78 is 0. The lowest BCUT2D eigenvalue weighted by Gasteiger charge is -2.16. The van der Waals surface area contributed by atoms with Gasteiger partial charge in [0.2, 0.25) is 0 Å². The summed E-state index contributed by atoms with van der Waals surface area (Å²) in [5.41, 5.74) is 9.32. The van der Waals surface area contributed by atoms with Crippen LogP contribution in [-0.2, 0) is 4.79 Å². The number of benzene rings is 4. The molecule has 0 radical (unpaired) electrons. The van der Waals surface area contributed by atoms with Crippen molar-refractivity contribution in [2.24, 2.45) is 4.99 Å². The van der Waals surface area contributed by atoms with Crippen LogP contribution in [0.5, 0.6) is 0 Å². The average Bonchev–Trinajstić information content (AvgIpc) is 2.96. The number of hydrogen-bond donors (Lipinski definition) is 2. The molecule has 0 saturated heterocycles. The summed E-state index contributed by atoms with van der Waals surface area (Å²) in [4.78, 5) is 16.3. The Labute approximate surface area is 225 Å². The van der Waals surface area contributed by atoms with Crippen LogP contribution in [0.1, 0.15) is 49.8 Å². The zero-order chi connectivity index (χ0) is 26.7. The van der Waals surface area contributed by atoms with E-state index in [1.807, 2.05) is 48.5 Å². The Kier molecular flexibility index (Phi) is 9.25. The van der Waals surface area contributed by atoms with Crippen molar-refractivity contribution in [3.63, 3.8) is 0 Å². The molecule has 192 valence electrons. The number of carbonyl (C=O) groups is 1. The fourth-order valence-corrected chi connectivity index (χ4v) is 4.55. The van der Waals surface area contributed by atoms with Gasteiger partial charge in [0.15, 0.2) is 0 Å². The molecular weight excluding hydrogens is 468 g/mol. The zero-order valence-corrected chi connectivity index (χ0v) is 22.0. The van der Waals surface area contributed by atoms with Crippen LogP contribution in [0.3, 0.4) is 0 Å². The average molecular weight is 503 g/mol. The first-order valence-electron chi connectivity index (χ1n) is 13.1. The van der Waals surface area contributed by atoms with E-state index in [4.69, 9.17) is 10.1 Å². The van der Waals surface area contributed by atoms with E-state index in [0.29, 0.717) is 0 Å². The van der Waals surface area contributed by atoms with Gasteiger partial charge in [-0.15, -0.1) is 0 Å². The first-order chi connectivity index (χ1) is 18.6. The minimum absolute atomic E-state index is 0.128. The molecule has 0 spiro atoms. The lowest BCUT2D eigenvalue weighted by Crippen LogP contribution is -2.12. The van der Waals surface area contributed by atoms with E-state index < -0.39 is 5.97 Å². The van der Waals surface area contributed by atoms with Crippen molar-refractivity contribution in [2.45, 2.75) is 33.1 Å². The molecule has 4 aromatic rings. The summed E-state index contributed by atoms with van der Waals surface area (Å²) >= 11 is 0. The van der Waals surface area contributed by atoms with Gasteiger partial charge in [-0.2, -0.15) is 0 Å². The monoisotopic (exact) mass is 502 g/mol. The molecule has 38 heavy (non-hydrogen) atoms. The molecule has 4 heteroatoms. The van der Waals surface area contributed by atoms with Crippen LogP contribution in [0, 0.1) is 0 Å². The number of aliphatic carboxylic acids is 1. The quantitative estimate of drug-likeness (QED) is 0.160. The van der Waals surface area contributed by atoms with Gasteiger partial charge in [-0.05, 0) is 54.2 Å². The number of aliphatic imine (C=N–C) groups is 1. The van der Waals surface area contributed by atoms with Gasteiger partial charge in [0.05, 0.1) is 5.70 Å². The molecule has 0 heterocycles. The topological polar surface area (TPSA) is 61.7 Å². The highest BCUT2D eigenvalue weighted by Crippen LogP contribution is 2.33. The molecule has 0 amide bonds. The summed E-state index contributed by atoms with van der Waals surface area (Å²) in [7, 11) is 0. The smallest absolute Gasteiger partial charge is 0.322 e. The Bertz CT molecular complexity index is 1420. The van der Waals surface area contributed by atoms with Crippen LogP contribution >= 0.6 is 0 Å². The normalized spacial score (nSPS) is 12.1. The Hall–Kier alpha value is -4.44. The Morgan fingerprint density at radius 1 is 0.816 bits per heavy atom. The van der Waals surface area contributed by atoms with Gasteiger partial charge in [-0.25, -0.2) is 0 Å². The van der Waals surface area contributed by atoms with E-state index in [0.717, 1.165) is 58.6 Å². The second-order valence-electron chi connectivity index (χ2n) is 9.23. The van der Waals surface area contributed by atoms with Gasteiger partial charge < -0.3 is 10.4 Å². The standard InChI is InChI=1S/C34H34N2O2/c1-3-4-20-32(26-14-7-5-8-15-26)34(27-16-9-6-10-17-27)36-25(2)30-21-11-12-22-31(30)28-18-13-19-29(23-28)35-24-33(37)38/h5-19,21-23,35H,3-4,20,24H2,1-2H3,(H,37,38)/b34-32+,36-25+. The largest absolute Gasteiger partial charge is 0.480 e. The second kappa shape index (κ2) is 13.2. The maximum Gasteiger partial charge on any atom is 0.322 e. The van der Waals surface area contributed by atoms with Gasteiger partial charge >= 0.3 is 5.97 Å². The van der Waals surface area contributed by atoms with Gasteiger partial charge in [-0.1, -0.05) is 110 Å². The van der Waals surface area contributed by atoms with Gasteiger partial charge in [-0.3, -0.25) is 9.79 Å². The van der Waals surface area contributed by atoms with Crippen molar-refractivity contribution in [2.75, 3.05) is 11.9 Å². The molecule has 0 aliphatic heterocycles. The number of rotatable bonds is 11. The SMILES string of the molecule is CCCC/C(=C(\N=C(/C)c1ccccc1-c1cccc(NCC(=O)O)c1)c1ccccc1)c1ccccc1. The summed E-state index contributed by atoms with van der Waals surface area (Å²) in [5, 5.41) is 12.0. The predicted octanol–water partition coefficient (Wildman–Crippen LogP) is 8.42. The minimum Gasteiger partial charge on any atom is -0.480 e. The third-order valence-corrected chi connectivity index (χ3v) is 6.45. The number of anilines is 1. The van der Waals surface area contributed by atoms with Crippen LogP contribution in [0.2, 0.25) is 0 Å². The third-order valence-electron chi connectivity index (χ3n) is 6.45. The summed E-state index contributed by atoms with van der Waals surface area (Å²) in [6.07, 6.45) is 3.14. The van der Waals surface area contributed by atoms with Crippen LogP contribution in [0.25, 0.3) is 22.4 Å². The third kappa shape index (κ3) is 6.86. The molecule has 4 aromatic carbocycles. The number of allylic oxidation sites excluding steroid dienone is 1. The van der Waals surface area contributed by atoms with E-state index in [2.05, 4.69) is 79.8 Å². The predicted molar refractivity (Wildman–Crippen MR) is 159 cm³/mol. The highest BCUT2D eigenvalue weighted by Gasteiger charge is 2.14. The van der Waals surface area contributed by atoms with Crippen molar-refractivity contribution < 1.29 is 9.90 Å². The molecular formula is C34H34N2O2. The van der Waals surface area contributed by atoms with E-state index in [-0.39, 0.29) is 6.54 Å². The van der Waals surface area contributed by atoms with Crippen molar-refractivity contribution >= 4 is 28.6 Å². The lowest BCUT2D eigenvalue weighted by atomic mass is 9.94. The highest BCUT2D eigenvalue weighted by atomic mass is 16.4. The molecule has 0 fully saturated rings. The number of carboxylic acid groups (broad SMARTS) is 1. The fraction of sp³-hybridized carbons (Fsp3) is 0.176. The number of nitrogens with zero attached hydrogens (tertiary/aromatic N) is 1. The van der Waals surface area contributed by atoms with Gasteiger partial charge in [0.1, 0.15) is 6.54 Å².